The van der Waals surface area contributed by atoms with E-state index in [1.807, 2.05) is 10.9 Å². The minimum absolute atomic E-state index is 0.147. The third-order valence-electron chi connectivity index (χ3n) is 5.58. The van der Waals surface area contributed by atoms with E-state index in [2.05, 4.69) is 40.3 Å². The van der Waals surface area contributed by atoms with Crippen molar-refractivity contribution in [2.75, 3.05) is 26.3 Å². The largest absolute Gasteiger partial charge is 0.493 e. The van der Waals surface area contributed by atoms with Gasteiger partial charge in [-0.2, -0.15) is 5.10 Å². The van der Waals surface area contributed by atoms with E-state index in [4.69, 9.17) is 4.74 Å². The molecule has 0 unspecified atom stereocenters. The molecule has 2 aromatic rings. The van der Waals surface area contributed by atoms with E-state index < -0.39 is 0 Å². The average molecular weight is 355 g/mol. The standard InChI is InChI=1S/C21H29N3O2/c25-14-13-24-21(7-10-22-24)19-8-11-23(12-9-19)15-17-3-5-20(6-4-17)26-16-18-1-2-18/h3-7,10,18-19,25H,1-2,8-9,11-16H2. The summed E-state index contributed by atoms with van der Waals surface area (Å²) in [5.41, 5.74) is 2.63. The Balaban J connectivity index is 1.26. The first-order valence-corrected chi connectivity index (χ1v) is 9.88. The van der Waals surface area contributed by atoms with Crippen LogP contribution in [0.5, 0.6) is 5.75 Å². The smallest absolute Gasteiger partial charge is 0.119 e. The highest BCUT2D eigenvalue weighted by Crippen LogP contribution is 2.30. The van der Waals surface area contributed by atoms with E-state index in [0.29, 0.717) is 12.5 Å². The van der Waals surface area contributed by atoms with Crippen LogP contribution in [0.2, 0.25) is 0 Å². The van der Waals surface area contributed by atoms with E-state index in [9.17, 15) is 5.11 Å². The topological polar surface area (TPSA) is 50.5 Å². The molecule has 1 aromatic carbocycles. The lowest BCUT2D eigenvalue weighted by atomic mass is 9.93. The van der Waals surface area contributed by atoms with E-state index in [0.717, 1.165) is 50.8 Å². The molecule has 2 fully saturated rings. The second-order valence-electron chi connectivity index (χ2n) is 7.65. The lowest BCUT2D eigenvalue weighted by molar-refractivity contribution is 0.198. The molecule has 5 nitrogen and oxygen atoms in total. The predicted octanol–water partition coefficient (Wildman–Crippen LogP) is 3.04. The first-order valence-electron chi connectivity index (χ1n) is 9.88. The first-order chi connectivity index (χ1) is 12.8. The fourth-order valence-electron chi connectivity index (χ4n) is 3.81. The molecule has 2 aliphatic rings. The van der Waals surface area contributed by atoms with Crippen LogP contribution in [0.1, 0.15) is 42.9 Å². The van der Waals surface area contributed by atoms with Gasteiger partial charge in [-0.05, 0) is 68.5 Å². The highest BCUT2D eigenvalue weighted by Gasteiger charge is 2.23. The number of aliphatic hydroxyl groups is 1. The molecule has 1 saturated carbocycles. The number of piperidine rings is 1. The third kappa shape index (κ3) is 4.46. The van der Waals surface area contributed by atoms with Crippen molar-refractivity contribution in [3.05, 3.63) is 47.8 Å². The van der Waals surface area contributed by atoms with E-state index in [-0.39, 0.29) is 6.61 Å². The Morgan fingerprint density at radius 2 is 1.81 bits per heavy atom. The van der Waals surface area contributed by atoms with Crippen LogP contribution in [0.4, 0.5) is 0 Å². The Hall–Kier alpha value is -1.85. The van der Waals surface area contributed by atoms with Crippen LogP contribution in [0.25, 0.3) is 0 Å². The average Bonchev–Trinajstić information content (AvgIpc) is 3.39. The van der Waals surface area contributed by atoms with Crippen molar-refractivity contribution in [2.24, 2.45) is 5.92 Å². The lowest BCUT2D eigenvalue weighted by Crippen LogP contribution is -2.33. The van der Waals surface area contributed by atoms with E-state index in [1.54, 1.807) is 0 Å². The summed E-state index contributed by atoms with van der Waals surface area (Å²) >= 11 is 0. The summed E-state index contributed by atoms with van der Waals surface area (Å²) in [4.78, 5) is 2.53. The number of ether oxygens (including phenoxy) is 1. The zero-order chi connectivity index (χ0) is 17.8. The normalized spacial score (nSPS) is 19.0. The zero-order valence-corrected chi connectivity index (χ0v) is 15.4. The summed E-state index contributed by atoms with van der Waals surface area (Å²) in [6, 6.07) is 10.7. The summed E-state index contributed by atoms with van der Waals surface area (Å²) in [7, 11) is 0. The van der Waals surface area contributed by atoms with Crippen LogP contribution < -0.4 is 4.74 Å². The number of aliphatic hydroxyl groups excluding tert-OH is 1. The van der Waals surface area contributed by atoms with Crippen molar-refractivity contribution in [2.45, 2.75) is 44.7 Å². The quantitative estimate of drug-likeness (QED) is 0.791. The van der Waals surface area contributed by atoms with Gasteiger partial charge in [-0.25, -0.2) is 0 Å². The number of aromatic nitrogens is 2. The molecule has 5 heteroatoms. The second kappa shape index (κ2) is 8.23. The maximum absolute atomic E-state index is 9.17. The van der Waals surface area contributed by atoms with Gasteiger partial charge in [0.25, 0.3) is 0 Å². The molecule has 0 radical (unpaired) electrons. The lowest BCUT2D eigenvalue weighted by Gasteiger charge is -2.32. The van der Waals surface area contributed by atoms with Crippen molar-refractivity contribution < 1.29 is 9.84 Å². The number of hydrogen-bond donors (Lipinski definition) is 1. The Bertz CT molecular complexity index is 686. The number of likely N-dealkylation sites (tertiary alicyclic amines) is 1. The van der Waals surface area contributed by atoms with Crippen LogP contribution in [-0.4, -0.2) is 46.1 Å². The van der Waals surface area contributed by atoms with Crippen LogP contribution in [0, 0.1) is 5.92 Å². The summed E-state index contributed by atoms with van der Waals surface area (Å²) < 4.78 is 7.78. The molecule has 4 rings (SSSR count). The molecule has 1 N–H and O–H groups in total. The van der Waals surface area contributed by atoms with E-state index >= 15 is 0 Å². The molecule has 1 aliphatic heterocycles. The third-order valence-corrected chi connectivity index (χ3v) is 5.58. The molecule has 26 heavy (non-hydrogen) atoms. The Kier molecular flexibility index (Phi) is 5.56. The second-order valence-corrected chi connectivity index (χ2v) is 7.65. The van der Waals surface area contributed by atoms with Crippen molar-refractivity contribution in [1.29, 1.82) is 0 Å². The number of hydrogen-bond acceptors (Lipinski definition) is 4. The number of benzene rings is 1. The highest BCUT2D eigenvalue weighted by atomic mass is 16.5. The fourth-order valence-corrected chi connectivity index (χ4v) is 3.81. The zero-order valence-electron chi connectivity index (χ0n) is 15.4. The van der Waals surface area contributed by atoms with Gasteiger partial charge in [0, 0.05) is 24.4 Å². The summed E-state index contributed by atoms with van der Waals surface area (Å²) in [6.07, 6.45) is 6.81. The van der Waals surface area contributed by atoms with Crippen LogP contribution in [0.15, 0.2) is 36.5 Å². The molecule has 1 aliphatic carbocycles. The van der Waals surface area contributed by atoms with Crippen LogP contribution in [0.3, 0.4) is 0 Å². The van der Waals surface area contributed by atoms with Crippen molar-refractivity contribution in [3.63, 3.8) is 0 Å². The Morgan fingerprint density at radius 1 is 1.04 bits per heavy atom. The minimum atomic E-state index is 0.147. The molecule has 0 bridgehead atoms. The van der Waals surface area contributed by atoms with Crippen LogP contribution >= 0.6 is 0 Å². The number of rotatable bonds is 8. The highest BCUT2D eigenvalue weighted by molar-refractivity contribution is 5.27. The summed E-state index contributed by atoms with van der Waals surface area (Å²) in [5, 5.41) is 13.5. The fraction of sp³-hybridized carbons (Fsp3) is 0.571. The molecule has 0 amide bonds. The van der Waals surface area contributed by atoms with Gasteiger partial charge in [0.2, 0.25) is 0 Å². The summed E-state index contributed by atoms with van der Waals surface area (Å²) in [5.74, 6) is 2.35. The van der Waals surface area contributed by atoms with Gasteiger partial charge in [-0.1, -0.05) is 12.1 Å². The molecule has 140 valence electrons. The first kappa shape index (κ1) is 17.6. The van der Waals surface area contributed by atoms with Gasteiger partial charge in [0.05, 0.1) is 19.8 Å². The minimum Gasteiger partial charge on any atom is -0.493 e. The van der Waals surface area contributed by atoms with Crippen molar-refractivity contribution >= 4 is 0 Å². The predicted molar refractivity (Wildman–Crippen MR) is 101 cm³/mol. The van der Waals surface area contributed by atoms with E-state index in [1.165, 1.54) is 24.1 Å². The van der Waals surface area contributed by atoms with Crippen molar-refractivity contribution in [1.82, 2.24) is 14.7 Å². The van der Waals surface area contributed by atoms with Gasteiger partial charge in [0.15, 0.2) is 0 Å². The molecule has 0 atom stereocenters. The molecule has 1 aromatic heterocycles. The Morgan fingerprint density at radius 3 is 2.50 bits per heavy atom. The monoisotopic (exact) mass is 355 g/mol. The maximum Gasteiger partial charge on any atom is 0.119 e. The molecular weight excluding hydrogens is 326 g/mol. The van der Waals surface area contributed by atoms with Gasteiger partial charge >= 0.3 is 0 Å². The molecule has 2 heterocycles. The molecule has 0 spiro atoms. The van der Waals surface area contributed by atoms with Gasteiger partial charge < -0.3 is 9.84 Å². The van der Waals surface area contributed by atoms with Crippen molar-refractivity contribution in [3.8, 4) is 5.75 Å². The van der Waals surface area contributed by atoms with Gasteiger partial charge in [-0.15, -0.1) is 0 Å². The maximum atomic E-state index is 9.17. The molecular formula is C21H29N3O2. The van der Waals surface area contributed by atoms with Gasteiger partial charge in [-0.3, -0.25) is 9.58 Å². The summed E-state index contributed by atoms with van der Waals surface area (Å²) in [6.45, 7) is 4.83. The SMILES string of the molecule is OCCn1nccc1C1CCN(Cc2ccc(OCC3CC3)cc2)CC1. The van der Waals surface area contributed by atoms with Gasteiger partial charge in [0.1, 0.15) is 5.75 Å². The van der Waals surface area contributed by atoms with Crippen LogP contribution in [-0.2, 0) is 13.1 Å². The number of nitrogens with zero attached hydrogens (tertiary/aromatic N) is 3. The molecule has 1 saturated heterocycles. The Labute approximate surface area is 155 Å².